The molecule has 3 N–H and O–H groups in total. The number of hydrogen-bond acceptors (Lipinski definition) is 9. The number of benzene rings is 3. The highest BCUT2D eigenvalue weighted by atomic mass is 35.7. The Hall–Kier alpha value is -4.46. The number of halogens is 2. The molecule has 1 atom stereocenters. The van der Waals surface area contributed by atoms with Gasteiger partial charge in [-0.05, 0) is 114 Å². The minimum Gasteiger partial charge on any atom is -0.403 e. The summed E-state index contributed by atoms with van der Waals surface area (Å²) in [5.41, 5.74) is 4.93. The minimum atomic E-state index is -0.901. The number of likely N-dealkylation sites (tertiary alicyclic amines) is 2. The lowest BCUT2D eigenvalue weighted by Gasteiger charge is -2.33. The van der Waals surface area contributed by atoms with E-state index in [2.05, 4.69) is 43.2 Å². The number of aromatic amines is 1. The van der Waals surface area contributed by atoms with Crippen molar-refractivity contribution in [3.8, 4) is 22.7 Å². The first-order valence-corrected chi connectivity index (χ1v) is 18.0. The first-order valence-electron chi connectivity index (χ1n) is 16.4. The Kier molecular flexibility index (Phi) is 9.57. The van der Waals surface area contributed by atoms with Gasteiger partial charge in [0.1, 0.15) is 10.6 Å². The Morgan fingerprint density at radius 3 is 2.53 bits per heavy atom. The van der Waals surface area contributed by atoms with Crippen LogP contribution in [0, 0.1) is 5.82 Å². The van der Waals surface area contributed by atoms with E-state index in [4.69, 9.17) is 15.1 Å². The van der Waals surface area contributed by atoms with Gasteiger partial charge in [0, 0.05) is 54.9 Å². The molecule has 0 bridgehead atoms. The number of aromatic nitrogens is 4. The standard InChI is InChI=1S/C35H36ClFN8O3S/c1-2-38-34-43-42-32(48-34)25-5-3-22(4-6-25)23-13-16-45(17-14-23)30(46)20-44-18-15-35(21-44,49-36)33(47)39-27-11-12-29-28(19-27)31(41-40-29)24-7-9-26(37)10-8-24/h3-12,19,23H,2,13-18,20-21H2,1H3,(H,38,43)(H,39,47)(H,40,41)/t35-/m0/s1. The number of nitrogens with one attached hydrogen (secondary N) is 3. The van der Waals surface area contributed by atoms with Gasteiger partial charge in [-0.25, -0.2) is 4.39 Å². The van der Waals surface area contributed by atoms with Crippen LogP contribution >= 0.6 is 21.7 Å². The maximum absolute atomic E-state index is 13.6. The predicted octanol–water partition coefficient (Wildman–Crippen LogP) is 6.53. The van der Waals surface area contributed by atoms with E-state index in [9.17, 15) is 14.0 Å². The molecule has 0 radical (unpaired) electrons. The largest absolute Gasteiger partial charge is 0.403 e. The first kappa shape index (κ1) is 33.1. The Balaban J connectivity index is 0.925. The van der Waals surface area contributed by atoms with Crippen molar-refractivity contribution in [3.05, 3.63) is 78.1 Å². The van der Waals surface area contributed by atoms with Crippen molar-refractivity contribution in [2.75, 3.05) is 49.9 Å². The van der Waals surface area contributed by atoms with Crippen LogP contribution in [0.1, 0.15) is 37.7 Å². The SMILES string of the molecule is CCNc1nnc(-c2ccc(C3CCN(C(=O)CN4CC[C@@](SCl)(C(=O)Nc5ccc6[nH]nc(-c7ccc(F)cc7)c6c5)C4)CC3)cc2)o1. The van der Waals surface area contributed by atoms with Crippen molar-refractivity contribution in [1.29, 1.82) is 0 Å². The molecule has 7 rings (SSSR count). The van der Waals surface area contributed by atoms with Gasteiger partial charge in [0.2, 0.25) is 17.7 Å². The summed E-state index contributed by atoms with van der Waals surface area (Å²) < 4.78 is 18.2. The molecule has 3 aromatic carbocycles. The van der Waals surface area contributed by atoms with Crippen LogP contribution in [0.4, 0.5) is 16.1 Å². The molecular weight excluding hydrogens is 667 g/mol. The summed E-state index contributed by atoms with van der Waals surface area (Å²) in [6.45, 7) is 5.24. The molecule has 2 fully saturated rings. The highest BCUT2D eigenvalue weighted by molar-refractivity contribution is 8.22. The summed E-state index contributed by atoms with van der Waals surface area (Å²) in [4.78, 5) is 31.0. The van der Waals surface area contributed by atoms with Gasteiger partial charge in [-0.15, -0.1) is 5.10 Å². The molecule has 2 aliphatic rings. The van der Waals surface area contributed by atoms with E-state index in [-0.39, 0.29) is 24.2 Å². The smallest absolute Gasteiger partial charge is 0.315 e. The maximum Gasteiger partial charge on any atom is 0.315 e. The van der Waals surface area contributed by atoms with Crippen LogP contribution in [0.3, 0.4) is 0 Å². The second kappa shape index (κ2) is 14.2. The zero-order valence-corrected chi connectivity index (χ0v) is 28.5. The Labute approximate surface area is 291 Å². The summed E-state index contributed by atoms with van der Waals surface area (Å²) in [6, 6.07) is 20.2. The molecule has 2 aliphatic heterocycles. The highest BCUT2D eigenvalue weighted by Crippen LogP contribution is 2.40. The van der Waals surface area contributed by atoms with Crippen molar-refractivity contribution in [2.24, 2.45) is 0 Å². The summed E-state index contributed by atoms with van der Waals surface area (Å²) in [6.07, 6.45) is 2.28. The number of nitrogens with zero attached hydrogens (tertiary/aromatic N) is 5. The summed E-state index contributed by atoms with van der Waals surface area (Å²) in [5, 5.41) is 22.4. The van der Waals surface area contributed by atoms with Crippen LogP contribution in [0.5, 0.6) is 0 Å². The molecule has 0 saturated carbocycles. The van der Waals surface area contributed by atoms with Crippen LogP contribution in [-0.4, -0.2) is 86.0 Å². The summed E-state index contributed by atoms with van der Waals surface area (Å²) in [5.74, 6) is 0.375. The fourth-order valence-electron chi connectivity index (χ4n) is 6.65. The summed E-state index contributed by atoms with van der Waals surface area (Å²) in [7, 11) is 7.38. The normalized spacial score (nSPS) is 18.6. The van der Waals surface area contributed by atoms with Crippen molar-refractivity contribution in [3.63, 3.8) is 0 Å². The molecule has 2 aromatic heterocycles. The zero-order valence-electron chi connectivity index (χ0n) is 26.9. The third-order valence-corrected chi connectivity index (χ3v) is 11.1. The molecule has 254 valence electrons. The number of fused-ring (bicyclic) bond motifs is 1. The predicted molar refractivity (Wildman–Crippen MR) is 190 cm³/mol. The molecule has 14 heteroatoms. The van der Waals surface area contributed by atoms with E-state index in [1.54, 1.807) is 12.1 Å². The number of rotatable bonds is 10. The van der Waals surface area contributed by atoms with Crippen LogP contribution in [-0.2, 0) is 9.59 Å². The lowest BCUT2D eigenvalue weighted by molar-refractivity contribution is -0.133. The van der Waals surface area contributed by atoms with Crippen LogP contribution in [0.25, 0.3) is 33.6 Å². The van der Waals surface area contributed by atoms with E-state index >= 15 is 0 Å². The average molecular weight is 703 g/mol. The van der Waals surface area contributed by atoms with Gasteiger partial charge >= 0.3 is 6.01 Å². The summed E-state index contributed by atoms with van der Waals surface area (Å²) >= 11 is 0. The number of carbonyl (C=O) groups excluding carboxylic acids is 2. The number of H-pyrrole nitrogens is 1. The van der Waals surface area contributed by atoms with E-state index in [1.807, 2.05) is 47.1 Å². The Morgan fingerprint density at radius 1 is 1.04 bits per heavy atom. The molecule has 11 nitrogen and oxygen atoms in total. The van der Waals surface area contributed by atoms with Gasteiger partial charge in [0.05, 0.1) is 17.8 Å². The highest BCUT2D eigenvalue weighted by Gasteiger charge is 2.46. The third kappa shape index (κ3) is 7.01. The van der Waals surface area contributed by atoms with Gasteiger partial charge in [0.15, 0.2) is 0 Å². The lowest BCUT2D eigenvalue weighted by Crippen LogP contribution is -2.46. The molecule has 4 heterocycles. The topological polar surface area (TPSA) is 132 Å². The molecule has 49 heavy (non-hydrogen) atoms. The molecular formula is C35H36ClFN8O3S. The molecule has 5 aromatic rings. The fraction of sp³-hybridized carbons (Fsp3) is 0.343. The van der Waals surface area contributed by atoms with Gasteiger partial charge in [-0.3, -0.25) is 19.6 Å². The van der Waals surface area contributed by atoms with E-state index in [0.717, 1.165) is 45.8 Å². The van der Waals surface area contributed by atoms with Crippen LogP contribution in [0.15, 0.2) is 71.1 Å². The van der Waals surface area contributed by atoms with Gasteiger partial charge in [-0.2, -0.15) is 5.10 Å². The number of piperidine rings is 1. The van der Waals surface area contributed by atoms with Crippen molar-refractivity contribution >= 4 is 56.1 Å². The van der Waals surface area contributed by atoms with Crippen molar-refractivity contribution in [1.82, 2.24) is 30.2 Å². The quantitative estimate of drug-likeness (QED) is 0.149. The number of hydrogen-bond donors (Lipinski definition) is 3. The molecule has 0 unspecified atom stereocenters. The molecule has 2 saturated heterocycles. The maximum atomic E-state index is 13.6. The molecule has 0 spiro atoms. The second-order valence-electron chi connectivity index (χ2n) is 12.5. The van der Waals surface area contributed by atoms with Gasteiger partial charge in [0.25, 0.3) is 0 Å². The Morgan fingerprint density at radius 2 is 1.80 bits per heavy atom. The lowest BCUT2D eigenvalue weighted by atomic mass is 9.89. The second-order valence-corrected chi connectivity index (χ2v) is 13.9. The van der Waals surface area contributed by atoms with E-state index in [1.165, 1.54) is 17.7 Å². The number of anilines is 2. The first-order chi connectivity index (χ1) is 23.8. The zero-order chi connectivity index (χ0) is 34.0. The van der Waals surface area contributed by atoms with Crippen molar-refractivity contribution in [2.45, 2.75) is 36.9 Å². The van der Waals surface area contributed by atoms with Gasteiger partial charge < -0.3 is 20.0 Å². The van der Waals surface area contributed by atoms with Crippen LogP contribution in [0.2, 0.25) is 0 Å². The fourth-order valence-corrected chi connectivity index (χ4v) is 7.76. The molecule has 2 amide bonds. The van der Waals surface area contributed by atoms with E-state index in [0.29, 0.717) is 68.3 Å². The van der Waals surface area contributed by atoms with Crippen molar-refractivity contribution < 1.29 is 18.4 Å². The Bertz CT molecular complexity index is 1940. The number of amides is 2. The van der Waals surface area contributed by atoms with E-state index < -0.39 is 4.75 Å². The van der Waals surface area contributed by atoms with Crippen LogP contribution < -0.4 is 10.6 Å². The molecule has 0 aliphatic carbocycles. The monoisotopic (exact) mass is 702 g/mol. The number of carbonyl (C=O) groups is 2. The van der Waals surface area contributed by atoms with Gasteiger partial charge in [-0.1, -0.05) is 17.2 Å². The average Bonchev–Trinajstić information content (AvgIpc) is 3.88. The minimum absolute atomic E-state index is 0.0659. The third-order valence-electron chi connectivity index (χ3n) is 9.40.